The molecule has 1 amide bonds. The topological polar surface area (TPSA) is 44.4 Å². The van der Waals surface area contributed by atoms with Crippen molar-refractivity contribution in [2.45, 2.75) is 25.7 Å². The van der Waals surface area contributed by atoms with Gasteiger partial charge in [0.1, 0.15) is 0 Å². The van der Waals surface area contributed by atoms with Crippen LogP contribution in [0.2, 0.25) is 0 Å². The van der Waals surface area contributed by atoms with Crippen LogP contribution in [-0.4, -0.2) is 44.0 Å². The molecule has 1 atom stereocenters. The molecule has 2 aliphatic heterocycles. The molecule has 114 valence electrons. The molecule has 2 N–H and O–H groups in total. The van der Waals surface area contributed by atoms with Crippen molar-refractivity contribution in [1.29, 1.82) is 0 Å². The number of benzene rings is 1. The third-order valence-electron chi connectivity index (χ3n) is 4.61. The zero-order chi connectivity index (χ0) is 14.7. The van der Waals surface area contributed by atoms with Crippen LogP contribution >= 0.6 is 0 Å². The maximum Gasteiger partial charge on any atom is 0.251 e. The maximum atomic E-state index is 12.5. The summed E-state index contributed by atoms with van der Waals surface area (Å²) in [5.74, 6) is 0.675. The van der Waals surface area contributed by atoms with Crippen LogP contribution in [0.3, 0.4) is 0 Å². The van der Waals surface area contributed by atoms with Crippen molar-refractivity contribution in [3.05, 3.63) is 29.3 Å². The predicted molar refractivity (Wildman–Crippen MR) is 85.8 cm³/mol. The molecule has 1 aromatic carbocycles. The summed E-state index contributed by atoms with van der Waals surface area (Å²) in [7, 11) is 2.16. The second-order valence-corrected chi connectivity index (χ2v) is 6.34. The molecule has 0 saturated carbocycles. The maximum absolute atomic E-state index is 12.5. The van der Waals surface area contributed by atoms with Gasteiger partial charge in [-0.2, -0.15) is 0 Å². The number of nitrogens with zero attached hydrogens (tertiary/aromatic N) is 1. The molecule has 4 heteroatoms. The molecule has 2 heterocycles. The van der Waals surface area contributed by atoms with Gasteiger partial charge in [0.15, 0.2) is 0 Å². The van der Waals surface area contributed by atoms with Crippen LogP contribution in [0.5, 0.6) is 0 Å². The minimum atomic E-state index is 0.0868. The molecular formula is C17H25N3O. The van der Waals surface area contributed by atoms with Crippen molar-refractivity contribution < 1.29 is 4.79 Å². The number of likely N-dealkylation sites (tertiary alicyclic amines) is 1. The molecule has 0 radical (unpaired) electrons. The van der Waals surface area contributed by atoms with E-state index >= 15 is 0 Å². The molecule has 2 aliphatic rings. The van der Waals surface area contributed by atoms with Gasteiger partial charge in [0, 0.05) is 30.9 Å². The Bertz CT molecular complexity index is 515. The molecule has 1 saturated heterocycles. The quantitative estimate of drug-likeness (QED) is 0.895. The van der Waals surface area contributed by atoms with Gasteiger partial charge in [-0.15, -0.1) is 0 Å². The van der Waals surface area contributed by atoms with Crippen molar-refractivity contribution in [1.82, 2.24) is 10.2 Å². The number of rotatable bonds is 3. The van der Waals surface area contributed by atoms with E-state index in [9.17, 15) is 4.79 Å². The van der Waals surface area contributed by atoms with Crippen LogP contribution in [0.15, 0.2) is 18.2 Å². The van der Waals surface area contributed by atoms with Gasteiger partial charge in [0.25, 0.3) is 5.91 Å². The van der Waals surface area contributed by atoms with Crippen molar-refractivity contribution in [3.8, 4) is 0 Å². The zero-order valence-electron chi connectivity index (χ0n) is 12.8. The second kappa shape index (κ2) is 6.48. The third kappa shape index (κ3) is 3.38. The van der Waals surface area contributed by atoms with E-state index in [0.29, 0.717) is 5.92 Å². The molecule has 0 bridgehead atoms. The molecule has 0 spiro atoms. The first kappa shape index (κ1) is 14.4. The fourth-order valence-corrected chi connectivity index (χ4v) is 3.49. The first-order valence-electron chi connectivity index (χ1n) is 8.06. The average Bonchev–Trinajstić information content (AvgIpc) is 2.52. The van der Waals surface area contributed by atoms with Crippen LogP contribution in [-0.2, 0) is 6.42 Å². The molecule has 21 heavy (non-hydrogen) atoms. The first-order valence-corrected chi connectivity index (χ1v) is 8.06. The van der Waals surface area contributed by atoms with E-state index in [1.165, 1.54) is 24.9 Å². The molecule has 0 aromatic heterocycles. The second-order valence-electron chi connectivity index (χ2n) is 6.34. The summed E-state index contributed by atoms with van der Waals surface area (Å²) in [6.45, 7) is 4.07. The molecule has 1 unspecified atom stereocenters. The lowest BCUT2D eigenvalue weighted by molar-refractivity contribution is 0.0936. The number of anilines is 1. The lowest BCUT2D eigenvalue weighted by Crippen LogP contribution is -2.39. The number of hydrogen-bond acceptors (Lipinski definition) is 3. The molecule has 1 fully saturated rings. The molecule has 4 nitrogen and oxygen atoms in total. The summed E-state index contributed by atoms with van der Waals surface area (Å²) >= 11 is 0. The summed E-state index contributed by atoms with van der Waals surface area (Å²) in [4.78, 5) is 14.8. The Hall–Kier alpha value is -1.55. The SMILES string of the molecule is CN1CCCC(CNC(=O)c2cccc3c2CCCN3)C1. The van der Waals surface area contributed by atoms with Gasteiger partial charge in [0.05, 0.1) is 0 Å². The van der Waals surface area contributed by atoms with E-state index in [-0.39, 0.29) is 5.91 Å². The minimum absolute atomic E-state index is 0.0868. The summed E-state index contributed by atoms with van der Waals surface area (Å²) < 4.78 is 0. The van der Waals surface area contributed by atoms with E-state index < -0.39 is 0 Å². The normalized spacial score (nSPS) is 22.2. The fraction of sp³-hybridized carbons (Fsp3) is 0.588. The lowest BCUT2D eigenvalue weighted by atomic mass is 9.96. The van der Waals surface area contributed by atoms with Crippen LogP contribution < -0.4 is 10.6 Å². The van der Waals surface area contributed by atoms with Crippen molar-refractivity contribution in [3.63, 3.8) is 0 Å². The lowest BCUT2D eigenvalue weighted by Gasteiger charge is -2.29. The monoisotopic (exact) mass is 287 g/mol. The summed E-state index contributed by atoms with van der Waals surface area (Å²) in [6.07, 6.45) is 4.56. The van der Waals surface area contributed by atoms with Crippen molar-refractivity contribution >= 4 is 11.6 Å². The van der Waals surface area contributed by atoms with Crippen LogP contribution in [0.25, 0.3) is 0 Å². The number of fused-ring (bicyclic) bond motifs is 1. The highest BCUT2D eigenvalue weighted by Gasteiger charge is 2.20. The van der Waals surface area contributed by atoms with E-state index in [4.69, 9.17) is 0 Å². The number of carbonyl (C=O) groups is 1. The molecule has 1 aromatic rings. The number of carbonyl (C=O) groups excluding carboxylic acids is 1. The van der Waals surface area contributed by atoms with E-state index in [1.54, 1.807) is 0 Å². The zero-order valence-corrected chi connectivity index (χ0v) is 12.8. The molecular weight excluding hydrogens is 262 g/mol. The predicted octanol–water partition coefficient (Wildman–Crippen LogP) is 2.12. The third-order valence-corrected chi connectivity index (χ3v) is 4.61. The number of piperidine rings is 1. The number of nitrogens with one attached hydrogen (secondary N) is 2. The van der Waals surface area contributed by atoms with Gasteiger partial charge in [-0.1, -0.05) is 6.07 Å². The minimum Gasteiger partial charge on any atom is -0.385 e. The summed E-state index contributed by atoms with van der Waals surface area (Å²) in [5, 5.41) is 6.53. The average molecular weight is 287 g/mol. The largest absolute Gasteiger partial charge is 0.385 e. The Kier molecular flexibility index (Phi) is 4.44. The first-order chi connectivity index (χ1) is 10.2. The Morgan fingerprint density at radius 2 is 2.33 bits per heavy atom. The Morgan fingerprint density at radius 1 is 1.43 bits per heavy atom. The number of amides is 1. The van der Waals surface area contributed by atoms with Crippen molar-refractivity contribution in [2.24, 2.45) is 5.92 Å². The Balaban J connectivity index is 1.63. The highest BCUT2D eigenvalue weighted by Crippen LogP contribution is 2.25. The highest BCUT2D eigenvalue weighted by molar-refractivity contribution is 5.97. The van der Waals surface area contributed by atoms with E-state index in [2.05, 4.69) is 28.6 Å². The van der Waals surface area contributed by atoms with E-state index in [1.807, 2.05) is 12.1 Å². The molecule has 0 aliphatic carbocycles. The van der Waals surface area contributed by atoms with Gasteiger partial charge in [-0.3, -0.25) is 4.79 Å². The summed E-state index contributed by atoms with van der Waals surface area (Å²) in [5.41, 5.74) is 3.16. The van der Waals surface area contributed by atoms with Crippen LogP contribution in [0.1, 0.15) is 35.2 Å². The molecule has 3 rings (SSSR count). The van der Waals surface area contributed by atoms with Gasteiger partial charge in [0.2, 0.25) is 0 Å². The van der Waals surface area contributed by atoms with Crippen LogP contribution in [0, 0.1) is 5.92 Å². The van der Waals surface area contributed by atoms with Gasteiger partial charge in [-0.05, 0) is 62.9 Å². The van der Waals surface area contributed by atoms with Gasteiger partial charge < -0.3 is 15.5 Å². The Labute approximate surface area is 126 Å². The van der Waals surface area contributed by atoms with E-state index in [0.717, 1.165) is 43.7 Å². The summed E-state index contributed by atoms with van der Waals surface area (Å²) in [6, 6.07) is 6.00. The standard InChI is InChI=1S/C17H25N3O/c1-20-10-4-5-13(12-20)11-19-17(21)15-6-2-8-16-14(15)7-3-9-18-16/h2,6,8,13,18H,3-5,7,9-12H2,1H3,(H,19,21). The number of hydrogen-bond donors (Lipinski definition) is 2. The van der Waals surface area contributed by atoms with Gasteiger partial charge >= 0.3 is 0 Å². The van der Waals surface area contributed by atoms with Gasteiger partial charge in [-0.25, -0.2) is 0 Å². The Morgan fingerprint density at radius 3 is 3.19 bits per heavy atom. The van der Waals surface area contributed by atoms with Crippen molar-refractivity contribution in [2.75, 3.05) is 38.5 Å². The fourth-order valence-electron chi connectivity index (χ4n) is 3.49. The smallest absolute Gasteiger partial charge is 0.251 e. The van der Waals surface area contributed by atoms with Crippen LogP contribution in [0.4, 0.5) is 5.69 Å². The highest BCUT2D eigenvalue weighted by atomic mass is 16.1.